The second kappa shape index (κ2) is 7.04. The Morgan fingerprint density at radius 2 is 2.35 bits per heavy atom. The summed E-state index contributed by atoms with van der Waals surface area (Å²) in [5.41, 5.74) is 0.995. The number of benzene rings is 1. The maximum atomic E-state index is 9.05. The number of thioether (sulfide) groups is 1. The van der Waals surface area contributed by atoms with Crippen molar-refractivity contribution < 1.29 is 9.84 Å². The van der Waals surface area contributed by atoms with Crippen LogP contribution in [0.3, 0.4) is 0 Å². The molecule has 0 bridgehead atoms. The zero-order valence-corrected chi connectivity index (χ0v) is 10.9. The van der Waals surface area contributed by atoms with E-state index in [0.29, 0.717) is 6.10 Å². The molecule has 2 nitrogen and oxygen atoms in total. The van der Waals surface area contributed by atoms with Gasteiger partial charge < -0.3 is 9.84 Å². The first-order chi connectivity index (χ1) is 8.38. The fourth-order valence-electron chi connectivity index (χ4n) is 2.11. The van der Waals surface area contributed by atoms with E-state index in [2.05, 4.69) is 12.1 Å². The van der Waals surface area contributed by atoms with Crippen molar-refractivity contribution in [3.8, 4) is 0 Å². The van der Waals surface area contributed by atoms with Crippen LogP contribution >= 0.6 is 11.8 Å². The highest BCUT2D eigenvalue weighted by Gasteiger charge is 2.14. The van der Waals surface area contributed by atoms with Gasteiger partial charge in [0, 0.05) is 11.5 Å². The molecule has 94 valence electrons. The molecule has 1 saturated heterocycles. The summed E-state index contributed by atoms with van der Waals surface area (Å²) in [7, 11) is 0. The van der Waals surface area contributed by atoms with E-state index in [0.717, 1.165) is 17.9 Å². The van der Waals surface area contributed by atoms with Gasteiger partial charge in [-0.15, -0.1) is 11.8 Å². The van der Waals surface area contributed by atoms with Gasteiger partial charge in [-0.1, -0.05) is 12.1 Å². The Hall–Kier alpha value is -0.510. The van der Waals surface area contributed by atoms with Gasteiger partial charge in [0.2, 0.25) is 0 Å². The van der Waals surface area contributed by atoms with E-state index in [1.165, 1.54) is 30.6 Å². The molecule has 1 atom stereocenters. The third-order valence-corrected chi connectivity index (χ3v) is 4.12. The Morgan fingerprint density at radius 1 is 1.41 bits per heavy atom. The molecule has 1 fully saturated rings. The normalized spacial score (nSPS) is 19.7. The largest absolute Gasteiger partial charge is 0.392 e. The highest BCUT2D eigenvalue weighted by molar-refractivity contribution is 7.99. The molecule has 0 radical (unpaired) electrons. The number of hydrogen-bond acceptors (Lipinski definition) is 3. The van der Waals surface area contributed by atoms with Crippen molar-refractivity contribution in [3.05, 3.63) is 29.8 Å². The lowest BCUT2D eigenvalue weighted by atomic mass is 10.1. The monoisotopic (exact) mass is 252 g/mol. The summed E-state index contributed by atoms with van der Waals surface area (Å²) in [5.74, 6) is 1.13. The minimum Gasteiger partial charge on any atom is -0.392 e. The Labute approximate surface area is 107 Å². The summed E-state index contributed by atoms with van der Waals surface area (Å²) in [6.45, 7) is 1.08. The lowest BCUT2D eigenvalue weighted by Gasteiger charge is -2.08. The van der Waals surface area contributed by atoms with E-state index in [1.807, 2.05) is 23.9 Å². The molecular weight excluding hydrogens is 232 g/mol. The van der Waals surface area contributed by atoms with Gasteiger partial charge in [-0.3, -0.25) is 0 Å². The summed E-state index contributed by atoms with van der Waals surface area (Å²) >= 11 is 1.87. The van der Waals surface area contributed by atoms with Crippen LogP contribution in [0.25, 0.3) is 0 Å². The summed E-state index contributed by atoms with van der Waals surface area (Å²) in [6.07, 6.45) is 5.38. The van der Waals surface area contributed by atoms with E-state index in [9.17, 15) is 0 Å². The minimum absolute atomic E-state index is 0.129. The van der Waals surface area contributed by atoms with Gasteiger partial charge in [0.05, 0.1) is 12.7 Å². The molecule has 1 aliphatic heterocycles. The van der Waals surface area contributed by atoms with Crippen molar-refractivity contribution in [1.29, 1.82) is 0 Å². The SMILES string of the molecule is OCc1cccc(SCCCC2CCCO2)c1. The lowest BCUT2D eigenvalue weighted by molar-refractivity contribution is 0.104. The smallest absolute Gasteiger partial charge is 0.0682 e. The molecule has 0 aliphatic carbocycles. The van der Waals surface area contributed by atoms with Gasteiger partial charge >= 0.3 is 0 Å². The fourth-order valence-corrected chi connectivity index (χ4v) is 3.06. The van der Waals surface area contributed by atoms with Crippen molar-refractivity contribution in [1.82, 2.24) is 0 Å². The molecular formula is C14H20O2S. The number of aliphatic hydroxyl groups is 1. The number of aliphatic hydroxyl groups excluding tert-OH is 1. The zero-order valence-electron chi connectivity index (χ0n) is 10.1. The molecule has 1 N–H and O–H groups in total. The second-order valence-corrected chi connectivity index (χ2v) is 5.60. The number of ether oxygens (including phenoxy) is 1. The number of rotatable bonds is 6. The van der Waals surface area contributed by atoms with Crippen LogP contribution in [0.5, 0.6) is 0 Å². The van der Waals surface area contributed by atoms with Crippen LogP contribution in [0.1, 0.15) is 31.2 Å². The number of hydrogen-bond donors (Lipinski definition) is 1. The quantitative estimate of drug-likeness (QED) is 0.622. The Balaban J connectivity index is 1.66. The lowest BCUT2D eigenvalue weighted by Crippen LogP contribution is -2.04. The van der Waals surface area contributed by atoms with Crippen LogP contribution in [0, 0.1) is 0 Å². The summed E-state index contributed by atoms with van der Waals surface area (Å²) in [5, 5.41) is 9.05. The molecule has 0 amide bonds. The first-order valence-electron chi connectivity index (χ1n) is 6.32. The van der Waals surface area contributed by atoms with Crippen molar-refractivity contribution in [2.45, 2.75) is 43.3 Å². The van der Waals surface area contributed by atoms with Gasteiger partial charge in [0.1, 0.15) is 0 Å². The maximum Gasteiger partial charge on any atom is 0.0682 e. The second-order valence-electron chi connectivity index (χ2n) is 4.43. The highest BCUT2D eigenvalue weighted by atomic mass is 32.2. The van der Waals surface area contributed by atoms with Gasteiger partial charge in [0.25, 0.3) is 0 Å². The van der Waals surface area contributed by atoms with E-state index in [1.54, 1.807) is 0 Å². The zero-order chi connectivity index (χ0) is 11.9. The molecule has 0 spiro atoms. The van der Waals surface area contributed by atoms with Crippen molar-refractivity contribution in [3.63, 3.8) is 0 Å². The van der Waals surface area contributed by atoms with Crippen LogP contribution in [-0.4, -0.2) is 23.6 Å². The molecule has 3 heteroatoms. The first-order valence-corrected chi connectivity index (χ1v) is 7.31. The summed E-state index contributed by atoms with van der Waals surface area (Å²) in [6, 6.07) is 8.14. The fraction of sp³-hybridized carbons (Fsp3) is 0.571. The third-order valence-electron chi connectivity index (χ3n) is 3.04. The predicted octanol–water partition coefficient (Wildman–Crippen LogP) is 3.23. The van der Waals surface area contributed by atoms with Crippen molar-refractivity contribution in [2.24, 2.45) is 0 Å². The van der Waals surface area contributed by atoms with Gasteiger partial charge in [0.15, 0.2) is 0 Å². The Morgan fingerprint density at radius 3 is 3.12 bits per heavy atom. The van der Waals surface area contributed by atoms with E-state index < -0.39 is 0 Å². The molecule has 1 unspecified atom stereocenters. The van der Waals surface area contributed by atoms with Gasteiger partial charge in [-0.2, -0.15) is 0 Å². The van der Waals surface area contributed by atoms with E-state index in [-0.39, 0.29) is 6.61 Å². The highest BCUT2D eigenvalue weighted by Crippen LogP contribution is 2.23. The average molecular weight is 252 g/mol. The Kier molecular flexibility index (Phi) is 5.36. The molecule has 0 saturated carbocycles. The predicted molar refractivity (Wildman–Crippen MR) is 71.3 cm³/mol. The summed E-state index contributed by atoms with van der Waals surface area (Å²) in [4.78, 5) is 1.25. The summed E-state index contributed by atoms with van der Waals surface area (Å²) < 4.78 is 5.60. The molecule has 1 aliphatic rings. The molecule has 0 aromatic heterocycles. The maximum absolute atomic E-state index is 9.05. The standard InChI is InChI=1S/C14H20O2S/c15-11-12-4-1-7-14(10-12)17-9-3-6-13-5-2-8-16-13/h1,4,7,10,13,15H,2-3,5-6,8-9,11H2. The molecule has 1 heterocycles. The van der Waals surface area contributed by atoms with Gasteiger partial charge in [-0.05, 0) is 49.1 Å². The molecule has 1 aromatic rings. The van der Waals surface area contributed by atoms with Crippen LogP contribution in [0.2, 0.25) is 0 Å². The Bertz CT molecular complexity index is 335. The van der Waals surface area contributed by atoms with Crippen LogP contribution in [-0.2, 0) is 11.3 Å². The third kappa shape index (κ3) is 4.34. The van der Waals surface area contributed by atoms with Gasteiger partial charge in [-0.25, -0.2) is 0 Å². The topological polar surface area (TPSA) is 29.5 Å². The van der Waals surface area contributed by atoms with E-state index >= 15 is 0 Å². The minimum atomic E-state index is 0.129. The molecule has 17 heavy (non-hydrogen) atoms. The van der Waals surface area contributed by atoms with Crippen LogP contribution in [0.15, 0.2) is 29.2 Å². The molecule has 1 aromatic carbocycles. The van der Waals surface area contributed by atoms with Crippen molar-refractivity contribution in [2.75, 3.05) is 12.4 Å². The van der Waals surface area contributed by atoms with Crippen LogP contribution < -0.4 is 0 Å². The first kappa shape index (κ1) is 12.9. The molecule has 2 rings (SSSR count). The van der Waals surface area contributed by atoms with Crippen molar-refractivity contribution >= 4 is 11.8 Å². The average Bonchev–Trinajstić information content (AvgIpc) is 2.88. The van der Waals surface area contributed by atoms with E-state index in [4.69, 9.17) is 9.84 Å². The van der Waals surface area contributed by atoms with Crippen LogP contribution in [0.4, 0.5) is 0 Å².